The highest BCUT2D eigenvalue weighted by atomic mass is 16.4. The van der Waals surface area contributed by atoms with Gasteiger partial charge in [0.1, 0.15) is 17.5 Å². The Kier molecular flexibility index (Phi) is 4.76. The van der Waals surface area contributed by atoms with Gasteiger partial charge in [0, 0.05) is 25.7 Å². The van der Waals surface area contributed by atoms with E-state index >= 15 is 0 Å². The lowest BCUT2D eigenvalue weighted by molar-refractivity contribution is -0.142. The van der Waals surface area contributed by atoms with Gasteiger partial charge in [0.2, 0.25) is 0 Å². The number of carboxylic acid groups (broad SMARTS) is 1. The molecule has 6 nitrogen and oxygen atoms in total. The highest BCUT2D eigenvalue weighted by molar-refractivity contribution is 5.70. The van der Waals surface area contributed by atoms with Crippen LogP contribution in [0.4, 0.5) is 11.6 Å². The summed E-state index contributed by atoms with van der Waals surface area (Å²) in [7, 11) is 0. The number of aromatic nitrogens is 2. The largest absolute Gasteiger partial charge is 0.481 e. The second-order valence-corrected chi connectivity index (χ2v) is 5.18. The van der Waals surface area contributed by atoms with E-state index in [2.05, 4.69) is 27.1 Å². The summed E-state index contributed by atoms with van der Waals surface area (Å²) >= 11 is 0. The minimum absolute atomic E-state index is 0.216. The van der Waals surface area contributed by atoms with Crippen LogP contribution in [0.2, 0.25) is 0 Å². The van der Waals surface area contributed by atoms with E-state index in [0.717, 1.165) is 43.5 Å². The van der Waals surface area contributed by atoms with Gasteiger partial charge in [-0.15, -0.1) is 0 Å². The number of anilines is 2. The van der Waals surface area contributed by atoms with Crippen molar-refractivity contribution in [3.63, 3.8) is 0 Å². The van der Waals surface area contributed by atoms with Crippen LogP contribution in [-0.2, 0) is 4.79 Å². The van der Waals surface area contributed by atoms with E-state index in [1.807, 2.05) is 13.0 Å². The maximum atomic E-state index is 11.0. The Bertz CT molecular complexity index is 470. The molecule has 0 unspecified atom stereocenters. The fourth-order valence-corrected chi connectivity index (χ4v) is 2.41. The SMILES string of the molecule is CCCNc1cc(N2CCC(C(=O)O)CC2)nc(C)n1. The van der Waals surface area contributed by atoms with Gasteiger partial charge in [-0.25, -0.2) is 9.97 Å². The first-order valence-corrected chi connectivity index (χ1v) is 7.17. The monoisotopic (exact) mass is 278 g/mol. The first-order chi connectivity index (χ1) is 9.60. The van der Waals surface area contributed by atoms with Crippen molar-refractivity contribution in [2.24, 2.45) is 5.92 Å². The van der Waals surface area contributed by atoms with Crippen LogP contribution in [0.5, 0.6) is 0 Å². The standard InChI is InChI=1S/C14H22N4O2/c1-3-6-15-12-9-13(17-10(2)16-12)18-7-4-11(5-8-18)14(19)20/h9,11H,3-8H2,1-2H3,(H,19,20)(H,15,16,17). The van der Waals surface area contributed by atoms with Crippen molar-refractivity contribution in [1.82, 2.24) is 9.97 Å². The zero-order valence-corrected chi connectivity index (χ0v) is 12.1. The predicted molar refractivity (Wildman–Crippen MR) is 78.1 cm³/mol. The molecule has 0 spiro atoms. The molecule has 20 heavy (non-hydrogen) atoms. The van der Waals surface area contributed by atoms with Crippen molar-refractivity contribution >= 4 is 17.6 Å². The molecule has 2 rings (SSSR count). The van der Waals surface area contributed by atoms with Crippen LogP contribution >= 0.6 is 0 Å². The van der Waals surface area contributed by atoms with E-state index in [1.165, 1.54) is 0 Å². The molecule has 6 heteroatoms. The first kappa shape index (κ1) is 14.6. The Balaban J connectivity index is 2.05. The average Bonchev–Trinajstić information content (AvgIpc) is 2.44. The van der Waals surface area contributed by atoms with Gasteiger partial charge in [0.25, 0.3) is 0 Å². The molecule has 0 bridgehead atoms. The van der Waals surface area contributed by atoms with Crippen LogP contribution in [0.25, 0.3) is 0 Å². The fraction of sp³-hybridized carbons (Fsp3) is 0.643. The zero-order chi connectivity index (χ0) is 14.5. The quantitative estimate of drug-likeness (QED) is 0.856. The Morgan fingerprint density at radius 3 is 2.75 bits per heavy atom. The second-order valence-electron chi connectivity index (χ2n) is 5.18. The molecule has 1 saturated heterocycles. The Morgan fingerprint density at radius 1 is 1.45 bits per heavy atom. The van der Waals surface area contributed by atoms with E-state index in [0.29, 0.717) is 12.8 Å². The number of aryl methyl sites for hydroxylation is 1. The van der Waals surface area contributed by atoms with Crippen LogP contribution in [0.3, 0.4) is 0 Å². The van der Waals surface area contributed by atoms with Gasteiger partial charge < -0.3 is 15.3 Å². The average molecular weight is 278 g/mol. The number of hydrogen-bond donors (Lipinski definition) is 2. The van der Waals surface area contributed by atoms with Gasteiger partial charge in [-0.2, -0.15) is 0 Å². The number of carboxylic acids is 1. The first-order valence-electron chi connectivity index (χ1n) is 7.17. The summed E-state index contributed by atoms with van der Waals surface area (Å²) in [6, 6.07) is 1.95. The molecule has 1 fully saturated rings. The molecule has 0 atom stereocenters. The van der Waals surface area contributed by atoms with E-state index in [-0.39, 0.29) is 5.92 Å². The minimum Gasteiger partial charge on any atom is -0.481 e. The fourth-order valence-electron chi connectivity index (χ4n) is 2.41. The van der Waals surface area contributed by atoms with Gasteiger partial charge in [-0.05, 0) is 26.2 Å². The predicted octanol–water partition coefficient (Wildman–Crippen LogP) is 1.91. The van der Waals surface area contributed by atoms with Crippen molar-refractivity contribution in [2.75, 3.05) is 29.9 Å². The lowest BCUT2D eigenvalue weighted by atomic mass is 9.97. The molecule has 0 saturated carbocycles. The third-order valence-electron chi connectivity index (χ3n) is 3.55. The van der Waals surface area contributed by atoms with Crippen molar-refractivity contribution in [2.45, 2.75) is 33.1 Å². The van der Waals surface area contributed by atoms with E-state index in [1.54, 1.807) is 0 Å². The molecular weight excluding hydrogens is 256 g/mol. The summed E-state index contributed by atoms with van der Waals surface area (Å²) in [5.41, 5.74) is 0. The number of hydrogen-bond acceptors (Lipinski definition) is 5. The molecule has 0 aliphatic carbocycles. The molecule has 0 radical (unpaired) electrons. The number of rotatable bonds is 5. The van der Waals surface area contributed by atoms with Gasteiger partial charge in [-0.3, -0.25) is 4.79 Å². The van der Waals surface area contributed by atoms with E-state index in [4.69, 9.17) is 5.11 Å². The number of piperidine rings is 1. The van der Waals surface area contributed by atoms with Gasteiger partial charge in [-0.1, -0.05) is 6.92 Å². The summed E-state index contributed by atoms with van der Waals surface area (Å²) in [6.45, 7) is 6.35. The summed E-state index contributed by atoms with van der Waals surface area (Å²) in [5.74, 6) is 1.57. The third-order valence-corrected chi connectivity index (χ3v) is 3.55. The Hall–Kier alpha value is -1.85. The molecule has 1 aliphatic rings. The molecule has 2 N–H and O–H groups in total. The molecule has 110 valence electrons. The van der Waals surface area contributed by atoms with Crippen LogP contribution < -0.4 is 10.2 Å². The summed E-state index contributed by atoms with van der Waals surface area (Å²) in [5, 5.41) is 12.3. The Morgan fingerprint density at radius 2 is 2.15 bits per heavy atom. The van der Waals surface area contributed by atoms with Crippen molar-refractivity contribution < 1.29 is 9.90 Å². The molecule has 0 aromatic carbocycles. The highest BCUT2D eigenvalue weighted by Crippen LogP contribution is 2.23. The maximum absolute atomic E-state index is 11.0. The molecule has 1 aliphatic heterocycles. The number of carbonyl (C=O) groups is 1. The lowest BCUT2D eigenvalue weighted by Gasteiger charge is -2.31. The topological polar surface area (TPSA) is 78.4 Å². The van der Waals surface area contributed by atoms with E-state index < -0.39 is 5.97 Å². The van der Waals surface area contributed by atoms with Crippen LogP contribution in [0.15, 0.2) is 6.07 Å². The maximum Gasteiger partial charge on any atom is 0.306 e. The number of aliphatic carboxylic acids is 1. The number of nitrogens with one attached hydrogen (secondary N) is 1. The molecule has 1 aromatic heterocycles. The van der Waals surface area contributed by atoms with Crippen LogP contribution in [0, 0.1) is 12.8 Å². The highest BCUT2D eigenvalue weighted by Gasteiger charge is 2.25. The van der Waals surface area contributed by atoms with Crippen molar-refractivity contribution in [3.05, 3.63) is 11.9 Å². The lowest BCUT2D eigenvalue weighted by Crippen LogP contribution is -2.37. The van der Waals surface area contributed by atoms with Gasteiger partial charge >= 0.3 is 5.97 Å². The van der Waals surface area contributed by atoms with Crippen LogP contribution in [-0.4, -0.2) is 40.7 Å². The summed E-state index contributed by atoms with van der Waals surface area (Å²) < 4.78 is 0. The third kappa shape index (κ3) is 3.59. The van der Waals surface area contributed by atoms with E-state index in [9.17, 15) is 4.79 Å². The second kappa shape index (κ2) is 6.54. The van der Waals surface area contributed by atoms with Gasteiger partial charge in [0.15, 0.2) is 0 Å². The normalized spacial score (nSPS) is 16.2. The van der Waals surface area contributed by atoms with Gasteiger partial charge in [0.05, 0.1) is 5.92 Å². The molecular formula is C14H22N4O2. The van der Waals surface area contributed by atoms with Crippen molar-refractivity contribution in [3.8, 4) is 0 Å². The number of nitrogens with zero attached hydrogens (tertiary/aromatic N) is 3. The molecule has 0 amide bonds. The molecule has 1 aromatic rings. The Labute approximate surface area is 119 Å². The molecule has 2 heterocycles. The minimum atomic E-state index is -0.686. The zero-order valence-electron chi connectivity index (χ0n) is 12.1. The van der Waals surface area contributed by atoms with Crippen LogP contribution in [0.1, 0.15) is 32.0 Å². The smallest absolute Gasteiger partial charge is 0.306 e. The summed E-state index contributed by atoms with van der Waals surface area (Å²) in [6.07, 6.45) is 2.40. The summed E-state index contributed by atoms with van der Waals surface area (Å²) in [4.78, 5) is 21.9. The van der Waals surface area contributed by atoms with Crippen molar-refractivity contribution in [1.29, 1.82) is 0 Å².